The van der Waals surface area contributed by atoms with Crippen molar-refractivity contribution < 1.29 is 14.3 Å². The Kier molecular flexibility index (Phi) is 4.98. The molecular formula is C26H34N2O3. The number of hydrogen-bond donors (Lipinski definition) is 0. The van der Waals surface area contributed by atoms with Crippen molar-refractivity contribution in [3.8, 4) is 0 Å². The van der Waals surface area contributed by atoms with Crippen molar-refractivity contribution in [3.63, 3.8) is 0 Å². The van der Waals surface area contributed by atoms with Gasteiger partial charge in [-0.15, -0.1) is 0 Å². The molecule has 0 atom stereocenters. The van der Waals surface area contributed by atoms with Crippen molar-refractivity contribution in [1.82, 2.24) is 9.55 Å². The molecule has 1 aromatic carbocycles. The maximum absolute atomic E-state index is 13.7. The van der Waals surface area contributed by atoms with Gasteiger partial charge in [-0.3, -0.25) is 9.59 Å². The van der Waals surface area contributed by atoms with E-state index in [0.717, 1.165) is 53.9 Å². The second-order valence-electron chi connectivity index (χ2n) is 11.3. The predicted molar refractivity (Wildman–Crippen MR) is 120 cm³/mol. The number of para-hydroxylation sites is 2. The van der Waals surface area contributed by atoms with E-state index < -0.39 is 5.60 Å². The first-order valence-corrected chi connectivity index (χ1v) is 11.9. The number of fused-ring (bicyclic) bond motifs is 1. The Morgan fingerprint density at radius 2 is 1.68 bits per heavy atom. The number of rotatable bonds is 6. The lowest BCUT2D eigenvalue weighted by molar-refractivity contribution is -0.154. The van der Waals surface area contributed by atoms with Crippen LogP contribution in [0.5, 0.6) is 0 Å². The number of imidazole rings is 1. The minimum absolute atomic E-state index is 0.122. The number of aromatic nitrogens is 2. The zero-order valence-corrected chi connectivity index (χ0v) is 19.0. The summed E-state index contributed by atoms with van der Waals surface area (Å²) in [6, 6.07) is 7.98. The molecule has 4 aliphatic rings. The number of ketones is 1. The molecule has 6 rings (SSSR count). The van der Waals surface area contributed by atoms with Crippen molar-refractivity contribution in [2.45, 2.75) is 84.3 Å². The average molecular weight is 423 g/mol. The number of aryl methyl sites for hydroxylation is 1. The summed E-state index contributed by atoms with van der Waals surface area (Å²) in [6.07, 6.45) is 8.00. The Balaban J connectivity index is 1.38. The Morgan fingerprint density at radius 3 is 2.29 bits per heavy atom. The van der Waals surface area contributed by atoms with Crippen LogP contribution >= 0.6 is 0 Å². The van der Waals surface area contributed by atoms with Crippen LogP contribution in [-0.2, 0) is 27.3 Å². The molecule has 5 heteroatoms. The lowest BCUT2D eigenvalue weighted by atomic mass is 9.48. The summed E-state index contributed by atoms with van der Waals surface area (Å²) < 4.78 is 7.55. The van der Waals surface area contributed by atoms with Gasteiger partial charge in [0.2, 0.25) is 0 Å². The Bertz CT molecular complexity index is 978. The lowest BCUT2D eigenvalue weighted by Gasteiger charge is -2.56. The van der Waals surface area contributed by atoms with Crippen LogP contribution in [0.3, 0.4) is 0 Å². The highest BCUT2D eigenvalue weighted by Crippen LogP contribution is 2.60. The Labute approximate surface area is 184 Å². The van der Waals surface area contributed by atoms with Gasteiger partial charge in [0, 0.05) is 11.8 Å². The van der Waals surface area contributed by atoms with Gasteiger partial charge in [0.25, 0.3) is 0 Å². The molecular weight excluding hydrogens is 388 g/mol. The number of benzene rings is 1. The molecule has 2 aromatic rings. The van der Waals surface area contributed by atoms with E-state index >= 15 is 0 Å². The van der Waals surface area contributed by atoms with Gasteiger partial charge in [-0.25, -0.2) is 4.98 Å². The highest BCUT2D eigenvalue weighted by molar-refractivity contribution is 5.87. The quantitative estimate of drug-likeness (QED) is 0.608. The molecule has 1 heterocycles. The average Bonchev–Trinajstić information content (AvgIpc) is 3.01. The molecule has 4 fully saturated rings. The summed E-state index contributed by atoms with van der Waals surface area (Å²) >= 11 is 0. The highest BCUT2D eigenvalue weighted by atomic mass is 16.6. The van der Waals surface area contributed by atoms with Crippen LogP contribution in [0.15, 0.2) is 24.3 Å². The predicted octanol–water partition coefficient (Wildman–Crippen LogP) is 5.10. The van der Waals surface area contributed by atoms with Gasteiger partial charge in [-0.1, -0.05) is 12.1 Å². The molecule has 31 heavy (non-hydrogen) atoms. The molecule has 0 saturated heterocycles. The highest BCUT2D eigenvalue weighted by Gasteiger charge is 2.54. The second-order valence-corrected chi connectivity index (χ2v) is 11.3. The number of carbonyl (C=O) groups is 2. The standard InChI is InChI=1S/C26H34N2O3/c1-25(2,3)31-24(30)9-8-23-27-20-6-4-5-7-21(20)28(23)16-22(29)26-13-17-10-18(14-26)12-19(11-17)15-26/h4-7,17-19H,8-16H2,1-3H3. The van der Waals surface area contributed by atoms with Gasteiger partial charge in [-0.2, -0.15) is 0 Å². The van der Waals surface area contributed by atoms with Gasteiger partial charge in [0.1, 0.15) is 11.4 Å². The minimum Gasteiger partial charge on any atom is -0.460 e. The molecule has 0 radical (unpaired) electrons. The number of nitrogens with zero attached hydrogens (tertiary/aromatic N) is 2. The van der Waals surface area contributed by atoms with Crippen LogP contribution in [-0.4, -0.2) is 26.9 Å². The second kappa shape index (κ2) is 7.46. The first kappa shape index (κ1) is 20.7. The Hall–Kier alpha value is -2.17. The van der Waals surface area contributed by atoms with Crippen LogP contribution in [0.4, 0.5) is 0 Å². The fourth-order valence-electron chi connectivity index (χ4n) is 6.86. The minimum atomic E-state index is -0.494. The molecule has 0 amide bonds. The van der Waals surface area contributed by atoms with Crippen molar-refractivity contribution in [3.05, 3.63) is 30.1 Å². The van der Waals surface area contributed by atoms with Crippen LogP contribution in [0.25, 0.3) is 11.0 Å². The summed E-state index contributed by atoms with van der Waals surface area (Å²) in [6.45, 7) is 6.01. The zero-order valence-electron chi connectivity index (χ0n) is 19.0. The third-order valence-electron chi connectivity index (χ3n) is 7.64. The maximum atomic E-state index is 13.7. The van der Waals surface area contributed by atoms with Crippen LogP contribution in [0.2, 0.25) is 0 Å². The number of Topliss-reactive ketones (excluding diaryl/α,β-unsaturated/α-hetero) is 1. The molecule has 1 aromatic heterocycles. The van der Waals surface area contributed by atoms with E-state index in [1.165, 1.54) is 19.3 Å². The van der Waals surface area contributed by atoms with Gasteiger partial charge in [0.15, 0.2) is 5.78 Å². The summed E-state index contributed by atoms with van der Waals surface area (Å²) in [4.78, 5) is 30.8. The monoisotopic (exact) mass is 422 g/mol. The third kappa shape index (κ3) is 4.04. The van der Waals surface area contributed by atoms with Crippen molar-refractivity contribution in [2.75, 3.05) is 0 Å². The smallest absolute Gasteiger partial charge is 0.306 e. The summed E-state index contributed by atoms with van der Waals surface area (Å²) in [5.41, 5.74) is 1.26. The van der Waals surface area contributed by atoms with E-state index in [9.17, 15) is 9.59 Å². The van der Waals surface area contributed by atoms with Crippen LogP contribution < -0.4 is 0 Å². The van der Waals surface area contributed by atoms with Crippen molar-refractivity contribution in [2.24, 2.45) is 23.2 Å². The fraction of sp³-hybridized carbons (Fsp3) is 0.654. The van der Waals surface area contributed by atoms with E-state index in [2.05, 4.69) is 4.57 Å². The largest absolute Gasteiger partial charge is 0.460 e. The van der Waals surface area contributed by atoms with Gasteiger partial charge in [-0.05, 0) is 89.2 Å². The van der Waals surface area contributed by atoms with Crippen molar-refractivity contribution in [1.29, 1.82) is 0 Å². The topological polar surface area (TPSA) is 61.2 Å². The summed E-state index contributed by atoms with van der Waals surface area (Å²) in [5.74, 6) is 3.22. The molecule has 4 aliphatic carbocycles. The number of carbonyl (C=O) groups excluding carboxylic acids is 2. The molecule has 4 bridgehead atoms. The van der Waals surface area contributed by atoms with Gasteiger partial charge >= 0.3 is 5.97 Å². The molecule has 5 nitrogen and oxygen atoms in total. The summed E-state index contributed by atoms with van der Waals surface area (Å²) in [7, 11) is 0. The SMILES string of the molecule is CC(C)(C)OC(=O)CCc1nc2ccccc2n1CC(=O)C12CC3CC(CC(C3)C1)C2. The molecule has 0 unspecified atom stereocenters. The van der Waals surface area contributed by atoms with Gasteiger partial charge in [0.05, 0.1) is 24.0 Å². The number of esters is 1. The Morgan fingerprint density at radius 1 is 1.06 bits per heavy atom. The van der Waals surface area contributed by atoms with Crippen LogP contribution in [0.1, 0.15) is 71.5 Å². The fourth-order valence-corrected chi connectivity index (χ4v) is 6.86. The van der Waals surface area contributed by atoms with E-state index in [0.29, 0.717) is 18.7 Å². The van der Waals surface area contributed by atoms with E-state index in [1.54, 1.807) is 0 Å². The molecule has 0 N–H and O–H groups in total. The normalized spacial score (nSPS) is 29.5. The molecule has 0 aliphatic heterocycles. The molecule has 4 saturated carbocycles. The zero-order chi connectivity index (χ0) is 21.8. The first-order valence-electron chi connectivity index (χ1n) is 11.9. The maximum Gasteiger partial charge on any atom is 0.306 e. The number of hydrogen-bond acceptors (Lipinski definition) is 4. The molecule has 0 spiro atoms. The number of ether oxygens (including phenoxy) is 1. The van der Waals surface area contributed by atoms with Gasteiger partial charge < -0.3 is 9.30 Å². The van der Waals surface area contributed by atoms with Crippen molar-refractivity contribution >= 4 is 22.8 Å². The van der Waals surface area contributed by atoms with E-state index in [4.69, 9.17) is 9.72 Å². The third-order valence-corrected chi connectivity index (χ3v) is 7.64. The first-order chi connectivity index (χ1) is 14.7. The molecule has 166 valence electrons. The van der Waals surface area contributed by atoms with Crippen LogP contribution in [0, 0.1) is 23.2 Å². The summed E-state index contributed by atoms with van der Waals surface area (Å²) in [5, 5.41) is 0. The van der Waals surface area contributed by atoms with E-state index in [1.807, 2.05) is 45.0 Å². The lowest BCUT2D eigenvalue weighted by Crippen LogP contribution is -2.50. The van der Waals surface area contributed by atoms with E-state index in [-0.39, 0.29) is 17.8 Å².